The fourth-order valence-electron chi connectivity index (χ4n) is 2.42. The van der Waals surface area contributed by atoms with Gasteiger partial charge in [-0.25, -0.2) is 4.39 Å². The average molecular weight is 272 g/mol. The van der Waals surface area contributed by atoms with Crippen molar-refractivity contribution in [3.05, 3.63) is 23.0 Å². The molecule has 5 heteroatoms. The lowest BCUT2D eigenvalue weighted by molar-refractivity contribution is 0.258. The van der Waals surface area contributed by atoms with Gasteiger partial charge in [-0.15, -0.1) is 0 Å². The third-order valence-corrected chi connectivity index (χ3v) is 3.83. The highest BCUT2D eigenvalue weighted by Gasteiger charge is 2.23. The highest BCUT2D eigenvalue weighted by molar-refractivity contribution is 6.31. The third kappa shape index (κ3) is 2.70. The predicted octanol–water partition coefficient (Wildman–Crippen LogP) is 2.59. The molecule has 0 aliphatic carbocycles. The van der Waals surface area contributed by atoms with Crippen molar-refractivity contribution in [2.75, 3.05) is 37.8 Å². The van der Waals surface area contributed by atoms with Crippen LogP contribution in [0.1, 0.15) is 12.8 Å². The van der Waals surface area contributed by atoms with E-state index in [1.807, 2.05) is 0 Å². The molecule has 0 radical (unpaired) electrons. The molecule has 0 spiro atoms. The van der Waals surface area contributed by atoms with E-state index < -0.39 is 5.82 Å². The van der Waals surface area contributed by atoms with Gasteiger partial charge in [-0.1, -0.05) is 11.6 Å². The van der Waals surface area contributed by atoms with Gasteiger partial charge in [0.15, 0.2) is 0 Å². The molecule has 0 saturated carbocycles. The Hall–Kier alpha value is -1.00. The van der Waals surface area contributed by atoms with E-state index in [1.165, 1.54) is 18.6 Å². The van der Waals surface area contributed by atoms with Gasteiger partial charge in [-0.05, 0) is 33.0 Å². The van der Waals surface area contributed by atoms with E-state index in [0.717, 1.165) is 25.2 Å². The van der Waals surface area contributed by atoms with Crippen LogP contribution in [-0.4, -0.2) is 38.1 Å². The number of nitrogens with two attached hydrogens (primary N) is 1. The van der Waals surface area contributed by atoms with Crippen LogP contribution in [-0.2, 0) is 0 Å². The summed E-state index contributed by atoms with van der Waals surface area (Å²) in [5, 5.41) is 0.0809. The molecule has 2 N–H and O–H groups in total. The first-order valence-corrected chi connectivity index (χ1v) is 6.52. The highest BCUT2D eigenvalue weighted by Crippen LogP contribution is 2.31. The van der Waals surface area contributed by atoms with Crippen LogP contribution in [0.3, 0.4) is 0 Å². The topological polar surface area (TPSA) is 32.5 Å². The molecule has 1 aromatic rings. The normalized spacial score (nSPS) is 20.5. The van der Waals surface area contributed by atoms with E-state index in [2.05, 4.69) is 23.9 Å². The predicted molar refractivity (Wildman–Crippen MR) is 74.7 cm³/mol. The van der Waals surface area contributed by atoms with Crippen molar-refractivity contribution >= 4 is 23.0 Å². The maximum Gasteiger partial charge on any atom is 0.144 e. The summed E-state index contributed by atoms with van der Waals surface area (Å²) in [7, 11) is 4.14. The lowest BCUT2D eigenvalue weighted by Gasteiger charge is -2.38. The molecule has 0 bridgehead atoms. The Bertz CT molecular complexity index is 436. The van der Waals surface area contributed by atoms with E-state index in [1.54, 1.807) is 0 Å². The lowest BCUT2D eigenvalue weighted by atomic mass is 10.0. The van der Waals surface area contributed by atoms with E-state index in [0.29, 0.717) is 11.7 Å². The number of hydrogen-bond acceptors (Lipinski definition) is 3. The van der Waals surface area contributed by atoms with Crippen molar-refractivity contribution in [3.63, 3.8) is 0 Å². The Labute approximate surface area is 112 Å². The second-order valence-electron chi connectivity index (χ2n) is 5.03. The quantitative estimate of drug-likeness (QED) is 0.840. The first kappa shape index (κ1) is 13.4. The minimum Gasteiger partial charge on any atom is -0.397 e. The lowest BCUT2D eigenvalue weighted by Crippen LogP contribution is -2.45. The molecule has 1 unspecified atom stereocenters. The monoisotopic (exact) mass is 271 g/mol. The number of likely N-dealkylation sites (N-methyl/N-ethyl adjacent to an activating group) is 1. The van der Waals surface area contributed by atoms with Crippen LogP contribution in [0.5, 0.6) is 0 Å². The van der Waals surface area contributed by atoms with Gasteiger partial charge in [0.1, 0.15) is 5.82 Å². The molecule has 1 fully saturated rings. The second-order valence-corrected chi connectivity index (χ2v) is 5.44. The van der Waals surface area contributed by atoms with Gasteiger partial charge in [0.2, 0.25) is 0 Å². The van der Waals surface area contributed by atoms with Crippen LogP contribution in [0.4, 0.5) is 15.8 Å². The molecule has 1 saturated heterocycles. The van der Waals surface area contributed by atoms with Crippen molar-refractivity contribution < 1.29 is 4.39 Å². The Kier molecular flexibility index (Phi) is 3.97. The molecular weight excluding hydrogens is 253 g/mol. The fraction of sp³-hybridized carbons (Fsp3) is 0.538. The van der Waals surface area contributed by atoms with Gasteiger partial charge >= 0.3 is 0 Å². The third-order valence-electron chi connectivity index (χ3n) is 3.54. The van der Waals surface area contributed by atoms with Gasteiger partial charge in [0.25, 0.3) is 0 Å². The Morgan fingerprint density at radius 2 is 2.17 bits per heavy atom. The van der Waals surface area contributed by atoms with Crippen molar-refractivity contribution in [1.82, 2.24) is 4.90 Å². The van der Waals surface area contributed by atoms with Gasteiger partial charge < -0.3 is 15.5 Å². The van der Waals surface area contributed by atoms with Crippen molar-refractivity contribution in [2.45, 2.75) is 18.9 Å². The molecule has 100 valence electrons. The number of nitrogens with zero attached hydrogens (tertiary/aromatic N) is 2. The maximum absolute atomic E-state index is 13.5. The van der Waals surface area contributed by atoms with Crippen molar-refractivity contribution in [1.29, 1.82) is 0 Å². The SMILES string of the molecule is CN(C)C1CCCN(c2cc(F)c(Cl)cc2N)C1. The molecule has 1 heterocycles. The minimum atomic E-state index is -0.409. The number of halogens is 2. The van der Waals surface area contributed by atoms with Crippen molar-refractivity contribution in [2.24, 2.45) is 0 Å². The fourth-order valence-corrected chi connectivity index (χ4v) is 2.59. The molecule has 1 atom stereocenters. The summed E-state index contributed by atoms with van der Waals surface area (Å²) in [6.45, 7) is 1.79. The summed E-state index contributed by atoms with van der Waals surface area (Å²) in [4.78, 5) is 4.34. The summed E-state index contributed by atoms with van der Waals surface area (Å²) in [6, 6.07) is 3.41. The molecule has 0 aromatic heterocycles. The molecule has 18 heavy (non-hydrogen) atoms. The first-order valence-electron chi connectivity index (χ1n) is 6.15. The molecule has 1 aliphatic heterocycles. The second kappa shape index (κ2) is 5.33. The highest BCUT2D eigenvalue weighted by atomic mass is 35.5. The molecule has 3 nitrogen and oxygen atoms in total. The molecule has 1 aromatic carbocycles. The number of benzene rings is 1. The van der Waals surface area contributed by atoms with Gasteiger partial charge in [-0.2, -0.15) is 0 Å². The number of hydrogen-bond donors (Lipinski definition) is 1. The Morgan fingerprint density at radius 3 is 2.83 bits per heavy atom. The zero-order valence-electron chi connectivity index (χ0n) is 10.8. The van der Waals surface area contributed by atoms with Gasteiger partial charge in [-0.3, -0.25) is 0 Å². The van der Waals surface area contributed by atoms with Crippen molar-refractivity contribution in [3.8, 4) is 0 Å². The summed E-state index contributed by atoms with van der Waals surface area (Å²) >= 11 is 5.72. The zero-order chi connectivity index (χ0) is 13.3. The first-order chi connectivity index (χ1) is 8.49. The van der Waals surface area contributed by atoms with E-state index in [4.69, 9.17) is 17.3 Å². The summed E-state index contributed by atoms with van der Waals surface area (Å²) in [5.74, 6) is -0.409. The summed E-state index contributed by atoms with van der Waals surface area (Å²) in [5.41, 5.74) is 7.23. The molecule has 1 aliphatic rings. The average Bonchev–Trinajstić information content (AvgIpc) is 2.34. The van der Waals surface area contributed by atoms with Gasteiger partial charge in [0, 0.05) is 25.2 Å². The van der Waals surface area contributed by atoms with Crippen LogP contribution >= 0.6 is 11.6 Å². The number of nitrogen functional groups attached to an aromatic ring is 1. The molecular formula is C13H19ClFN3. The van der Waals surface area contributed by atoms with Crippen LogP contribution in [0.15, 0.2) is 12.1 Å². The van der Waals surface area contributed by atoms with Crippen LogP contribution in [0.2, 0.25) is 5.02 Å². The van der Waals surface area contributed by atoms with E-state index in [-0.39, 0.29) is 5.02 Å². The number of rotatable bonds is 2. The summed E-state index contributed by atoms with van der Waals surface area (Å²) < 4.78 is 13.5. The number of anilines is 2. The zero-order valence-corrected chi connectivity index (χ0v) is 11.5. The van der Waals surface area contributed by atoms with Crippen LogP contribution in [0, 0.1) is 5.82 Å². The smallest absolute Gasteiger partial charge is 0.144 e. The largest absolute Gasteiger partial charge is 0.397 e. The van der Waals surface area contributed by atoms with Crippen LogP contribution in [0.25, 0.3) is 0 Å². The van der Waals surface area contributed by atoms with E-state index in [9.17, 15) is 4.39 Å². The van der Waals surface area contributed by atoms with Gasteiger partial charge in [0.05, 0.1) is 16.4 Å². The maximum atomic E-state index is 13.5. The Balaban J connectivity index is 2.23. The molecule has 2 rings (SSSR count). The Morgan fingerprint density at radius 1 is 1.44 bits per heavy atom. The van der Waals surface area contributed by atoms with E-state index >= 15 is 0 Å². The summed E-state index contributed by atoms with van der Waals surface area (Å²) in [6.07, 6.45) is 2.26. The van der Waals surface area contributed by atoms with Crippen LogP contribution < -0.4 is 10.6 Å². The standard InChI is InChI=1S/C13H19ClFN3/c1-17(2)9-4-3-5-18(8-9)13-7-11(15)10(14)6-12(13)16/h6-7,9H,3-5,8,16H2,1-2H3. The molecule has 0 amide bonds. The minimum absolute atomic E-state index is 0.0809. The number of piperidine rings is 1.